The van der Waals surface area contributed by atoms with Crippen LogP contribution in [0.2, 0.25) is 0 Å². The molecule has 0 spiro atoms. The van der Waals surface area contributed by atoms with Crippen LogP contribution < -0.4 is 4.90 Å². The Balaban J connectivity index is 1.82. The van der Waals surface area contributed by atoms with Crippen LogP contribution >= 0.6 is 0 Å². The number of anilines is 1. The molecule has 2 heterocycles. The summed E-state index contributed by atoms with van der Waals surface area (Å²) in [5, 5.41) is 0. The van der Waals surface area contributed by atoms with Crippen molar-refractivity contribution in [2.24, 2.45) is 4.99 Å². The molecule has 1 aromatic heterocycles. The highest BCUT2D eigenvalue weighted by molar-refractivity contribution is 6.05. The average molecular weight is 287 g/mol. The Hall–Kier alpha value is -2.68. The third kappa shape index (κ3) is 2.15. The van der Waals surface area contributed by atoms with Gasteiger partial charge in [0.1, 0.15) is 12.0 Å². The average Bonchev–Trinajstić information content (AvgIpc) is 2.95. The van der Waals surface area contributed by atoms with E-state index in [1.54, 1.807) is 0 Å². The van der Waals surface area contributed by atoms with Gasteiger partial charge in [0.05, 0.1) is 11.8 Å². The minimum absolute atomic E-state index is 0.0251. The molecule has 4 rings (SSSR count). The van der Waals surface area contributed by atoms with Crippen LogP contribution in [0, 0.1) is 6.92 Å². The number of aromatic nitrogens is 1. The molecule has 108 valence electrons. The fourth-order valence-corrected chi connectivity index (χ4v) is 3.03. The van der Waals surface area contributed by atoms with Crippen molar-refractivity contribution >= 4 is 11.5 Å². The van der Waals surface area contributed by atoms with E-state index < -0.39 is 0 Å². The third-order valence-corrected chi connectivity index (χ3v) is 4.04. The highest BCUT2D eigenvalue weighted by Gasteiger charge is 2.36. The fourth-order valence-electron chi connectivity index (χ4n) is 3.03. The summed E-state index contributed by atoms with van der Waals surface area (Å²) >= 11 is 0. The summed E-state index contributed by atoms with van der Waals surface area (Å²) in [7, 11) is 0. The van der Waals surface area contributed by atoms with Crippen molar-refractivity contribution in [3.8, 4) is 0 Å². The zero-order chi connectivity index (χ0) is 14.9. The van der Waals surface area contributed by atoms with Crippen LogP contribution in [0.25, 0.3) is 0 Å². The smallest absolute Gasteiger partial charge is 0.149 e. The molecule has 1 aliphatic carbocycles. The summed E-state index contributed by atoms with van der Waals surface area (Å²) in [5.41, 5.74) is 3.31. The largest absolute Gasteiger partial charge is 0.318 e. The molecule has 2 unspecified atom stereocenters. The van der Waals surface area contributed by atoms with Crippen LogP contribution in [0.3, 0.4) is 0 Å². The van der Waals surface area contributed by atoms with Crippen LogP contribution in [-0.4, -0.2) is 16.7 Å². The number of fused-ring (bicyclic) bond motifs is 1. The van der Waals surface area contributed by atoms with Crippen LogP contribution in [-0.2, 0) is 0 Å². The van der Waals surface area contributed by atoms with Gasteiger partial charge in [-0.05, 0) is 30.7 Å². The Kier molecular flexibility index (Phi) is 3.11. The molecule has 1 aromatic carbocycles. The lowest BCUT2D eigenvalue weighted by molar-refractivity contribution is 0.684. The van der Waals surface area contributed by atoms with Crippen molar-refractivity contribution in [1.29, 1.82) is 0 Å². The summed E-state index contributed by atoms with van der Waals surface area (Å²) in [6, 6.07) is 16.7. The Morgan fingerprint density at radius 1 is 0.955 bits per heavy atom. The maximum Gasteiger partial charge on any atom is 0.149 e. The minimum Gasteiger partial charge on any atom is -0.318 e. The predicted octanol–water partition coefficient (Wildman–Crippen LogP) is 3.84. The normalized spacial score (nSPS) is 22.6. The first-order chi connectivity index (χ1) is 10.8. The molecule has 0 amide bonds. The van der Waals surface area contributed by atoms with Crippen molar-refractivity contribution in [2.45, 2.75) is 19.1 Å². The number of hydrogen-bond acceptors (Lipinski definition) is 3. The van der Waals surface area contributed by atoms with Crippen molar-refractivity contribution in [3.05, 3.63) is 84.1 Å². The SMILES string of the molecule is Cc1cccc(N2C3C=CC=CC3=NC2c2ccccc2)n1. The molecule has 0 fully saturated rings. The molecule has 1 aliphatic heterocycles. The number of aryl methyl sites for hydroxylation is 1. The number of pyridine rings is 1. The number of rotatable bonds is 2. The second kappa shape index (κ2) is 5.26. The molecule has 0 bridgehead atoms. The molecule has 0 saturated heterocycles. The van der Waals surface area contributed by atoms with Gasteiger partial charge in [0.15, 0.2) is 0 Å². The van der Waals surface area contributed by atoms with Gasteiger partial charge in [0.25, 0.3) is 0 Å². The molecular formula is C19H17N3. The zero-order valence-electron chi connectivity index (χ0n) is 12.4. The Morgan fingerprint density at radius 2 is 1.82 bits per heavy atom. The van der Waals surface area contributed by atoms with E-state index in [9.17, 15) is 0 Å². The molecule has 0 N–H and O–H groups in total. The van der Waals surface area contributed by atoms with E-state index in [-0.39, 0.29) is 12.2 Å². The van der Waals surface area contributed by atoms with Crippen molar-refractivity contribution in [1.82, 2.24) is 4.98 Å². The van der Waals surface area contributed by atoms with Crippen molar-refractivity contribution in [2.75, 3.05) is 4.90 Å². The molecule has 2 aliphatic rings. The maximum atomic E-state index is 4.93. The maximum absolute atomic E-state index is 4.93. The summed E-state index contributed by atoms with van der Waals surface area (Å²) in [6.07, 6.45) is 8.38. The first kappa shape index (κ1) is 13.0. The van der Waals surface area contributed by atoms with E-state index in [1.807, 2.05) is 25.1 Å². The molecule has 2 aromatic rings. The van der Waals surface area contributed by atoms with Crippen molar-refractivity contribution < 1.29 is 0 Å². The third-order valence-electron chi connectivity index (χ3n) is 4.04. The number of allylic oxidation sites excluding steroid dienone is 2. The number of hydrogen-bond donors (Lipinski definition) is 0. The number of benzene rings is 1. The lowest BCUT2D eigenvalue weighted by Crippen LogP contribution is -2.36. The lowest BCUT2D eigenvalue weighted by Gasteiger charge is -2.30. The first-order valence-corrected chi connectivity index (χ1v) is 7.52. The number of aliphatic imine (C=N–C) groups is 1. The van der Waals surface area contributed by atoms with Gasteiger partial charge in [-0.2, -0.15) is 0 Å². The zero-order valence-corrected chi connectivity index (χ0v) is 12.4. The molecule has 0 saturated carbocycles. The van der Waals surface area contributed by atoms with Gasteiger partial charge in [-0.1, -0.05) is 54.6 Å². The molecule has 0 radical (unpaired) electrons. The monoisotopic (exact) mass is 287 g/mol. The Morgan fingerprint density at radius 3 is 2.64 bits per heavy atom. The quantitative estimate of drug-likeness (QED) is 0.839. The topological polar surface area (TPSA) is 28.5 Å². The van der Waals surface area contributed by atoms with E-state index in [2.05, 4.69) is 59.5 Å². The van der Waals surface area contributed by atoms with Gasteiger partial charge in [-0.15, -0.1) is 0 Å². The van der Waals surface area contributed by atoms with Crippen LogP contribution in [0.5, 0.6) is 0 Å². The van der Waals surface area contributed by atoms with E-state index in [0.717, 1.165) is 17.2 Å². The summed E-state index contributed by atoms with van der Waals surface area (Å²) in [6.45, 7) is 2.02. The minimum atomic E-state index is -0.0251. The van der Waals surface area contributed by atoms with Crippen LogP contribution in [0.15, 0.2) is 77.8 Å². The Labute approximate surface area is 130 Å². The second-order valence-electron chi connectivity index (χ2n) is 5.57. The molecule has 3 heteroatoms. The standard InChI is InChI=1S/C19H17N3/c1-14-8-7-13-18(20-14)22-17-12-6-5-11-16(17)21-19(22)15-9-3-2-4-10-15/h2-13,17,19H,1H3. The van der Waals surface area contributed by atoms with Crippen LogP contribution in [0.1, 0.15) is 17.4 Å². The lowest BCUT2D eigenvalue weighted by atomic mass is 10.1. The highest BCUT2D eigenvalue weighted by Crippen LogP contribution is 2.36. The predicted molar refractivity (Wildman–Crippen MR) is 90.1 cm³/mol. The van der Waals surface area contributed by atoms with E-state index in [0.29, 0.717) is 0 Å². The van der Waals surface area contributed by atoms with E-state index in [4.69, 9.17) is 9.98 Å². The number of nitrogens with zero attached hydrogens (tertiary/aromatic N) is 3. The van der Waals surface area contributed by atoms with Crippen LogP contribution in [0.4, 0.5) is 5.82 Å². The summed E-state index contributed by atoms with van der Waals surface area (Å²) in [5.74, 6) is 0.970. The van der Waals surface area contributed by atoms with E-state index in [1.165, 1.54) is 5.56 Å². The molecular weight excluding hydrogens is 270 g/mol. The van der Waals surface area contributed by atoms with E-state index >= 15 is 0 Å². The van der Waals surface area contributed by atoms with Gasteiger partial charge in [0, 0.05) is 5.69 Å². The van der Waals surface area contributed by atoms with Gasteiger partial charge in [-0.3, -0.25) is 4.99 Å². The molecule has 2 atom stereocenters. The van der Waals surface area contributed by atoms with Gasteiger partial charge in [-0.25, -0.2) is 4.98 Å². The van der Waals surface area contributed by atoms with Gasteiger partial charge < -0.3 is 4.90 Å². The summed E-state index contributed by atoms with van der Waals surface area (Å²) < 4.78 is 0. The molecule has 22 heavy (non-hydrogen) atoms. The Bertz CT molecular complexity index is 774. The highest BCUT2D eigenvalue weighted by atomic mass is 15.3. The fraction of sp³-hybridized carbons (Fsp3) is 0.158. The second-order valence-corrected chi connectivity index (χ2v) is 5.57. The van der Waals surface area contributed by atoms with Gasteiger partial charge in [0.2, 0.25) is 0 Å². The van der Waals surface area contributed by atoms with Gasteiger partial charge >= 0.3 is 0 Å². The molecule has 3 nitrogen and oxygen atoms in total. The first-order valence-electron chi connectivity index (χ1n) is 7.52. The van der Waals surface area contributed by atoms with Crippen molar-refractivity contribution in [3.63, 3.8) is 0 Å². The summed E-state index contributed by atoms with van der Waals surface area (Å²) in [4.78, 5) is 11.9.